The molecule has 0 heterocycles. The molecule has 0 unspecified atom stereocenters. The van der Waals surface area contributed by atoms with E-state index in [2.05, 4.69) is 10.0 Å². The molecule has 11 heteroatoms. The summed E-state index contributed by atoms with van der Waals surface area (Å²) in [5.41, 5.74) is 0.262. The van der Waals surface area contributed by atoms with Gasteiger partial charge in [-0.15, -0.1) is 0 Å². The minimum absolute atomic E-state index is 0.00572. The molecule has 0 saturated heterocycles. The molecule has 0 aromatic heterocycles. The summed E-state index contributed by atoms with van der Waals surface area (Å²) in [7, 11) is -1.09. The summed E-state index contributed by atoms with van der Waals surface area (Å²) < 4.78 is 41.8. The zero-order valence-corrected chi connectivity index (χ0v) is 18.0. The van der Waals surface area contributed by atoms with E-state index in [1.165, 1.54) is 45.4 Å². The van der Waals surface area contributed by atoms with Crippen LogP contribution in [-0.2, 0) is 24.3 Å². The summed E-state index contributed by atoms with van der Waals surface area (Å²) in [6.45, 7) is 0.679. The Labute approximate surface area is 179 Å². The first kappa shape index (κ1) is 23.5. The molecule has 2 aromatic carbocycles. The van der Waals surface area contributed by atoms with Crippen LogP contribution in [0.3, 0.4) is 0 Å². The molecule has 162 valence electrons. The van der Waals surface area contributed by atoms with Crippen LogP contribution in [0, 0.1) is 0 Å². The van der Waals surface area contributed by atoms with Gasteiger partial charge < -0.3 is 19.5 Å². The van der Waals surface area contributed by atoms with Crippen LogP contribution in [0.1, 0.15) is 6.92 Å². The number of carbonyl (C=O) groups excluding carboxylic acids is 2. The number of carbonyl (C=O) groups is 2. The molecule has 1 amide bonds. The summed E-state index contributed by atoms with van der Waals surface area (Å²) >= 11 is 6.01. The van der Waals surface area contributed by atoms with Crippen molar-refractivity contribution in [2.45, 2.75) is 17.9 Å². The fraction of sp³-hybridized carbons (Fsp3) is 0.263. The highest BCUT2D eigenvalue weighted by atomic mass is 35.5. The molecule has 0 aliphatic rings. The van der Waals surface area contributed by atoms with E-state index in [1.807, 2.05) is 0 Å². The largest absolute Gasteiger partial charge is 0.495 e. The third-order valence-corrected chi connectivity index (χ3v) is 5.68. The maximum atomic E-state index is 12.3. The number of rotatable bonds is 9. The van der Waals surface area contributed by atoms with Crippen LogP contribution in [-0.4, -0.2) is 47.2 Å². The number of nitrogens with one attached hydrogen (secondary N) is 2. The number of amides is 1. The SMILES string of the molecule is COc1cc(NC(=O)COC(=O)[C@H](C)NS(=O)(=O)c2ccccc2)c(OC)cc1Cl. The van der Waals surface area contributed by atoms with Gasteiger partial charge in [-0.1, -0.05) is 29.8 Å². The molecule has 2 N–H and O–H groups in total. The van der Waals surface area contributed by atoms with Gasteiger partial charge in [0.2, 0.25) is 10.0 Å². The smallest absolute Gasteiger partial charge is 0.324 e. The zero-order chi connectivity index (χ0) is 22.3. The van der Waals surface area contributed by atoms with Crippen molar-refractivity contribution in [3.05, 3.63) is 47.5 Å². The summed E-state index contributed by atoms with van der Waals surface area (Å²) in [5, 5.41) is 2.80. The van der Waals surface area contributed by atoms with Crippen molar-refractivity contribution in [1.29, 1.82) is 0 Å². The summed E-state index contributed by atoms with van der Waals surface area (Å²) in [5.74, 6) is -0.979. The van der Waals surface area contributed by atoms with Gasteiger partial charge in [0.15, 0.2) is 6.61 Å². The lowest BCUT2D eigenvalue weighted by Gasteiger charge is -2.15. The number of ether oxygens (including phenoxy) is 3. The highest BCUT2D eigenvalue weighted by molar-refractivity contribution is 7.89. The predicted molar refractivity (Wildman–Crippen MR) is 110 cm³/mol. The van der Waals surface area contributed by atoms with Gasteiger partial charge >= 0.3 is 5.97 Å². The second kappa shape index (κ2) is 10.3. The predicted octanol–water partition coefficient (Wildman–Crippen LogP) is 2.21. The fourth-order valence-electron chi connectivity index (χ4n) is 2.35. The average Bonchev–Trinajstić information content (AvgIpc) is 2.73. The maximum absolute atomic E-state index is 12.3. The van der Waals surface area contributed by atoms with Crippen molar-refractivity contribution in [1.82, 2.24) is 4.72 Å². The van der Waals surface area contributed by atoms with E-state index in [0.29, 0.717) is 10.8 Å². The number of hydrogen-bond acceptors (Lipinski definition) is 7. The minimum Gasteiger partial charge on any atom is -0.495 e. The summed E-state index contributed by atoms with van der Waals surface area (Å²) in [6.07, 6.45) is 0. The molecule has 0 fully saturated rings. The Hall–Kier alpha value is -2.82. The van der Waals surface area contributed by atoms with E-state index in [1.54, 1.807) is 18.2 Å². The second-order valence-electron chi connectivity index (χ2n) is 6.00. The van der Waals surface area contributed by atoms with Crippen molar-refractivity contribution >= 4 is 39.2 Å². The summed E-state index contributed by atoms with van der Waals surface area (Å²) in [6, 6.07) is 9.28. The van der Waals surface area contributed by atoms with Crippen LogP contribution in [0.5, 0.6) is 11.5 Å². The Balaban J connectivity index is 1.95. The van der Waals surface area contributed by atoms with E-state index < -0.39 is 34.5 Å². The van der Waals surface area contributed by atoms with Crippen molar-refractivity contribution in [2.24, 2.45) is 0 Å². The molecule has 2 aromatic rings. The molecule has 0 radical (unpaired) electrons. The molecule has 0 saturated carbocycles. The molecule has 0 aliphatic carbocycles. The third-order valence-electron chi connectivity index (χ3n) is 3.83. The first-order valence-electron chi connectivity index (χ1n) is 8.63. The van der Waals surface area contributed by atoms with Gasteiger partial charge in [-0.25, -0.2) is 8.42 Å². The third kappa shape index (κ3) is 6.09. The van der Waals surface area contributed by atoms with Crippen LogP contribution in [0.4, 0.5) is 5.69 Å². The van der Waals surface area contributed by atoms with Gasteiger partial charge in [-0.3, -0.25) is 9.59 Å². The van der Waals surface area contributed by atoms with Crippen molar-refractivity contribution in [2.75, 3.05) is 26.1 Å². The zero-order valence-electron chi connectivity index (χ0n) is 16.5. The van der Waals surface area contributed by atoms with E-state index in [4.69, 9.17) is 25.8 Å². The molecule has 0 bridgehead atoms. The number of methoxy groups -OCH3 is 2. The van der Waals surface area contributed by atoms with E-state index >= 15 is 0 Å². The number of esters is 1. The normalized spacial score (nSPS) is 12.0. The van der Waals surface area contributed by atoms with Crippen molar-refractivity contribution < 1.29 is 32.2 Å². The maximum Gasteiger partial charge on any atom is 0.324 e. The molecule has 30 heavy (non-hydrogen) atoms. The number of hydrogen-bond donors (Lipinski definition) is 2. The monoisotopic (exact) mass is 456 g/mol. The van der Waals surface area contributed by atoms with E-state index in [-0.39, 0.29) is 16.3 Å². The Bertz CT molecular complexity index is 1010. The molecule has 0 spiro atoms. The minimum atomic E-state index is -3.91. The standard InChI is InChI=1S/C19H21ClN2O7S/c1-12(22-30(25,26)13-7-5-4-6-8-13)19(24)29-11-18(23)21-15-10-16(27-2)14(20)9-17(15)28-3/h4-10,12,22H,11H2,1-3H3,(H,21,23)/t12-/m0/s1. The summed E-state index contributed by atoms with van der Waals surface area (Å²) in [4.78, 5) is 24.2. The highest BCUT2D eigenvalue weighted by Gasteiger charge is 2.23. The van der Waals surface area contributed by atoms with Crippen LogP contribution in [0.25, 0.3) is 0 Å². The van der Waals surface area contributed by atoms with E-state index in [0.717, 1.165) is 0 Å². The molecular formula is C19H21ClN2O7S. The fourth-order valence-corrected chi connectivity index (χ4v) is 3.80. The quantitative estimate of drug-likeness (QED) is 0.555. The topological polar surface area (TPSA) is 120 Å². The molecule has 0 aliphatic heterocycles. The number of anilines is 1. The Morgan fingerprint density at radius 3 is 2.30 bits per heavy atom. The molecule has 9 nitrogen and oxygen atoms in total. The molecule has 2 rings (SSSR count). The number of sulfonamides is 1. The Kier molecular flexibility index (Phi) is 8.04. The van der Waals surface area contributed by atoms with Gasteiger partial charge in [-0.05, 0) is 19.1 Å². The van der Waals surface area contributed by atoms with Crippen LogP contribution in [0.2, 0.25) is 5.02 Å². The van der Waals surface area contributed by atoms with Crippen LogP contribution >= 0.6 is 11.6 Å². The average molecular weight is 457 g/mol. The Morgan fingerprint density at radius 2 is 1.70 bits per heavy atom. The Morgan fingerprint density at radius 1 is 1.07 bits per heavy atom. The van der Waals surface area contributed by atoms with E-state index in [9.17, 15) is 18.0 Å². The second-order valence-corrected chi connectivity index (χ2v) is 8.12. The van der Waals surface area contributed by atoms with Crippen LogP contribution in [0.15, 0.2) is 47.4 Å². The number of benzene rings is 2. The lowest BCUT2D eigenvalue weighted by Crippen LogP contribution is -2.40. The lowest BCUT2D eigenvalue weighted by molar-refractivity contribution is -0.148. The highest BCUT2D eigenvalue weighted by Crippen LogP contribution is 2.35. The lowest BCUT2D eigenvalue weighted by atomic mass is 10.2. The van der Waals surface area contributed by atoms with Gasteiger partial charge in [0.05, 0.1) is 29.8 Å². The van der Waals surface area contributed by atoms with Crippen molar-refractivity contribution in [3.63, 3.8) is 0 Å². The first-order valence-corrected chi connectivity index (χ1v) is 10.5. The van der Waals surface area contributed by atoms with Gasteiger partial charge in [0.25, 0.3) is 5.91 Å². The van der Waals surface area contributed by atoms with Gasteiger partial charge in [0, 0.05) is 12.1 Å². The van der Waals surface area contributed by atoms with Crippen molar-refractivity contribution in [3.8, 4) is 11.5 Å². The van der Waals surface area contributed by atoms with Gasteiger partial charge in [0.1, 0.15) is 17.5 Å². The van der Waals surface area contributed by atoms with Gasteiger partial charge in [-0.2, -0.15) is 4.72 Å². The first-order chi connectivity index (χ1) is 14.2. The number of halogens is 1. The van der Waals surface area contributed by atoms with Crippen LogP contribution < -0.4 is 19.5 Å². The molecule has 1 atom stereocenters. The molecular weight excluding hydrogens is 436 g/mol.